The lowest BCUT2D eigenvalue weighted by atomic mass is 9.95. The molecule has 0 aliphatic carbocycles. The first-order chi connectivity index (χ1) is 9.79. The summed E-state index contributed by atoms with van der Waals surface area (Å²) >= 11 is 0. The Hall–Kier alpha value is -1.55. The van der Waals surface area contributed by atoms with Crippen LogP contribution in [-0.4, -0.2) is 31.2 Å². The van der Waals surface area contributed by atoms with Crippen LogP contribution in [0.5, 0.6) is 0 Å². The monoisotopic (exact) mass is 290 g/mol. The highest BCUT2D eigenvalue weighted by molar-refractivity contribution is 5.94. The van der Waals surface area contributed by atoms with E-state index in [1.54, 1.807) is 0 Å². The van der Waals surface area contributed by atoms with Crippen molar-refractivity contribution in [3.8, 4) is 0 Å². The SMILES string of the molecule is CC1COCC(C)N1c1ccc(NC(=O)C(C)(C)C)cc1. The molecule has 0 spiro atoms. The lowest BCUT2D eigenvalue weighted by Gasteiger charge is -2.40. The molecule has 1 fully saturated rings. The fraction of sp³-hybridized carbons (Fsp3) is 0.588. The van der Waals surface area contributed by atoms with Crippen molar-refractivity contribution in [2.45, 2.75) is 46.7 Å². The third-order valence-corrected chi connectivity index (χ3v) is 3.77. The number of nitrogens with zero attached hydrogens (tertiary/aromatic N) is 1. The van der Waals surface area contributed by atoms with Gasteiger partial charge in [0.05, 0.1) is 13.2 Å². The van der Waals surface area contributed by atoms with Gasteiger partial charge in [-0.3, -0.25) is 4.79 Å². The zero-order valence-corrected chi connectivity index (χ0v) is 13.6. The van der Waals surface area contributed by atoms with Crippen molar-refractivity contribution in [2.75, 3.05) is 23.4 Å². The first-order valence-electron chi connectivity index (χ1n) is 7.56. The Kier molecular flexibility index (Phi) is 4.57. The van der Waals surface area contributed by atoms with Gasteiger partial charge in [-0.2, -0.15) is 0 Å². The van der Waals surface area contributed by atoms with E-state index in [4.69, 9.17) is 4.74 Å². The lowest BCUT2D eigenvalue weighted by molar-refractivity contribution is -0.123. The largest absolute Gasteiger partial charge is 0.377 e. The van der Waals surface area contributed by atoms with E-state index in [0.29, 0.717) is 12.1 Å². The highest BCUT2D eigenvalue weighted by Crippen LogP contribution is 2.26. The molecule has 21 heavy (non-hydrogen) atoms. The van der Waals surface area contributed by atoms with Gasteiger partial charge in [0.1, 0.15) is 0 Å². The van der Waals surface area contributed by atoms with Crippen molar-refractivity contribution >= 4 is 17.3 Å². The van der Waals surface area contributed by atoms with Crippen molar-refractivity contribution in [3.63, 3.8) is 0 Å². The first kappa shape index (κ1) is 15.8. The second-order valence-corrected chi connectivity index (χ2v) is 6.89. The van der Waals surface area contributed by atoms with Gasteiger partial charge in [-0.05, 0) is 38.1 Å². The summed E-state index contributed by atoms with van der Waals surface area (Å²) in [5.41, 5.74) is 1.63. The van der Waals surface area contributed by atoms with Crippen molar-refractivity contribution in [1.29, 1.82) is 0 Å². The second kappa shape index (κ2) is 6.06. The number of morpholine rings is 1. The molecule has 1 saturated heterocycles. The minimum absolute atomic E-state index is 0.0309. The van der Waals surface area contributed by atoms with Gasteiger partial charge >= 0.3 is 0 Å². The molecule has 2 atom stereocenters. The number of ether oxygens (including phenoxy) is 1. The Bertz CT molecular complexity index is 481. The van der Waals surface area contributed by atoms with Gasteiger partial charge < -0.3 is 15.0 Å². The van der Waals surface area contributed by atoms with Gasteiger partial charge in [0.15, 0.2) is 0 Å². The third-order valence-electron chi connectivity index (χ3n) is 3.77. The van der Waals surface area contributed by atoms with E-state index in [0.717, 1.165) is 18.9 Å². The van der Waals surface area contributed by atoms with Gasteiger partial charge in [-0.25, -0.2) is 0 Å². The molecule has 0 saturated carbocycles. The Morgan fingerprint density at radius 2 is 1.67 bits per heavy atom. The minimum atomic E-state index is -0.383. The Labute approximate surface area is 127 Å². The number of hydrogen-bond donors (Lipinski definition) is 1. The van der Waals surface area contributed by atoms with Crippen LogP contribution in [0.25, 0.3) is 0 Å². The molecular weight excluding hydrogens is 264 g/mol. The smallest absolute Gasteiger partial charge is 0.229 e. The zero-order chi connectivity index (χ0) is 15.6. The molecule has 0 aromatic heterocycles. The van der Waals surface area contributed by atoms with Crippen LogP contribution in [0.3, 0.4) is 0 Å². The molecule has 1 aliphatic heterocycles. The van der Waals surface area contributed by atoms with Crippen molar-refractivity contribution in [1.82, 2.24) is 0 Å². The molecule has 4 heteroatoms. The van der Waals surface area contributed by atoms with E-state index in [1.165, 1.54) is 5.69 Å². The Balaban J connectivity index is 2.10. The molecule has 2 rings (SSSR count). The van der Waals surface area contributed by atoms with Gasteiger partial charge in [0.2, 0.25) is 5.91 Å². The fourth-order valence-corrected chi connectivity index (χ4v) is 2.55. The summed E-state index contributed by atoms with van der Waals surface area (Å²) in [5.74, 6) is 0.0309. The number of anilines is 2. The van der Waals surface area contributed by atoms with Gasteiger partial charge in [0, 0.05) is 28.9 Å². The summed E-state index contributed by atoms with van der Waals surface area (Å²) in [6, 6.07) is 8.79. The van der Waals surface area contributed by atoms with Gasteiger partial charge in [-0.15, -0.1) is 0 Å². The van der Waals surface area contributed by atoms with Crippen LogP contribution in [0.15, 0.2) is 24.3 Å². The van der Waals surface area contributed by atoms with Gasteiger partial charge in [-0.1, -0.05) is 20.8 Å². The number of amides is 1. The number of carbonyl (C=O) groups excluding carboxylic acids is 1. The van der Waals surface area contributed by atoms with E-state index in [2.05, 4.69) is 36.2 Å². The molecule has 2 unspecified atom stereocenters. The summed E-state index contributed by atoms with van der Waals surface area (Å²) in [6.07, 6.45) is 0. The molecule has 116 valence electrons. The summed E-state index contributed by atoms with van der Waals surface area (Å²) in [4.78, 5) is 14.4. The molecule has 1 N–H and O–H groups in total. The average molecular weight is 290 g/mol. The van der Waals surface area contributed by atoms with E-state index in [9.17, 15) is 4.79 Å². The van der Waals surface area contributed by atoms with Crippen LogP contribution in [0.1, 0.15) is 34.6 Å². The number of rotatable bonds is 2. The molecule has 1 amide bonds. The first-order valence-corrected chi connectivity index (χ1v) is 7.56. The van der Waals surface area contributed by atoms with Crippen molar-refractivity contribution in [2.24, 2.45) is 5.41 Å². The highest BCUT2D eigenvalue weighted by Gasteiger charge is 2.25. The van der Waals surface area contributed by atoms with Crippen molar-refractivity contribution < 1.29 is 9.53 Å². The van der Waals surface area contributed by atoms with Crippen LogP contribution < -0.4 is 10.2 Å². The molecule has 1 aromatic carbocycles. The molecule has 4 nitrogen and oxygen atoms in total. The predicted octanol–water partition coefficient (Wildman–Crippen LogP) is 3.28. The fourth-order valence-electron chi connectivity index (χ4n) is 2.55. The number of carbonyl (C=O) groups is 1. The van der Waals surface area contributed by atoms with E-state index < -0.39 is 0 Å². The quantitative estimate of drug-likeness (QED) is 0.909. The number of hydrogen-bond acceptors (Lipinski definition) is 3. The molecule has 1 heterocycles. The Morgan fingerprint density at radius 3 is 2.14 bits per heavy atom. The number of benzene rings is 1. The van der Waals surface area contributed by atoms with Crippen LogP contribution in [0, 0.1) is 5.41 Å². The standard InChI is InChI=1S/C17H26N2O2/c1-12-10-21-11-13(2)19(12)15-8-6-14(7-9-15)18-16(20)17(3,4)5/h6-9,12-13H,10-11H2,1-5H3,(H,18,20). The maximum Gasteiger partial charge on any atom is 0.229 e. The molecule has 1 aromatic rings. The third kappa shape index (κ3) is 3.76. The van der Waals surface area contributed by atoms with Crippen molar-refractivity contribution in [3.05, 3.63) is 24.3 Å². The summed E-state index contributed by atoms with van der Waals surface area (Å²) < 4.78 is 5.56. The predicted molar refractivity (Wildman–Crippen MR) is 86.7 cm³/mol. The average Bonchev–Trinajstić information content (AvgIpc) is 2.39. The second-order valence-electron chi connectivity index (χ2n) is 6.89. The maximum atomic E-state index is 12.0. The topological polar surface area (TPSA) is 41.6 Å². The molecule has 0 radical (unpaired) electrons. The van der Waals surface area contributed by atoms with Crippen LogP contribution >= 0.6 is 0 Å². The minimum Gasteiger partial charge on any atom is -0.377 e. The lowest BCUT2D eigenvalue weighted by Crippen LogP contribution is -2.49. The molecule has 0 bridgehead atoms. The highest BCUT2D eigenvalue weighted by atomic mass is 16.5. The van der Waals surface area contributed by atoms with E-state index in [1.807, 2.05) is 32.9 Å². The van der Waals surface area contributed by atoms with E-state index in [-0.39, 0.29) is 11.3 Å². The van der Waals surface area contributed by atoms with Crippen LogP contribution in [-0.2, 0) is 9.53 Å². The molecular formula is C17H26N2O2. The summed E-state index contributed by atoms with van der Waals surface area (Å²) in [6.45, 7) is 11.6. The number of nitrogens with one attached hydrogen (secondary N) is 1. The normalized spacial score (nSPS) is 23.0. The van der Waals surface area contributed by atoms with E-state index >= 15 is 0 Å². The summed E-state index contributed by atoms with van der Waals surface area (Å²) in [5, 5.41) is 2.95. The molecule has 1 aliphatic rings. The summed E-state index contributed by atoms with van der Waals surface area (Å²) in [7, 11) is 0. The van der Waals surface area contributed by atoms with Gasteiger partial charge in [0.25, 0.3) is 0 Å². The van der Waals surface area contributed by atoms with Crippen LogP contribution in [0.4, 0.5) is 11.4 Å². The zero-order valence-electron chi connectivity index (χ0n) is 13.6. The van der Waals surface area contributed by atoms with Crippen LogP contribution in [0.2, 0.25) is 0 Å². The Morgan fingerprint density at radius 1 is 1.14 bits per heavy atom. The maximum absolute atomic E-state index is 12.0.